The summed E-state index contributed by atoms with van der Waals surface area (Å²) in [5, 5.41) is 32.0. The predicted molar refractivity (Wildman–Crippen MR) is 105 cm³/mol. The molecule has 0 aliphatic heterocycles. The molecule has 0 bridgehead atoms. The third kappa shape index (κ3) is 9.52. The van der Waals surface area contributed by atoms with Crippen LogP contribution in [0.4, 0.5) is 0 Å². The van der Waals surface area contributed by atoms with E-state index in [1.807, 2.05) is 0 Å². The Balaban J connectivity index is 0. The smallest absolute Gasteiger partial charge is 0.335 e. The van der Waals surface area contributed by atoms with Crippen molar-refractivity contribution in [2.24, 2.45) is 20.5 Å². The second-order valence-corrected chi connectivity index (χ2v) is 8.23. The highest BCUT2D eigenvalue weighted by atomic mass is 16.5. The van der Waals surface area contributed by atoms with E-state index in [4.69, 9.17) is 10.2 Å². The Kier molecular flexibility index (Phi) is 10.5. The first-order chi connectivity index (χ1) is 13.3. The van der Waals surface area contributed by atoms with Gasteiger partial charge in [-0.2, -0.15) is 20.5 Å². The molecule has 12 nitrogen and oxygen atoms in total. The van der Waals surface area contributed by atoms with E-state index in [0.717, 1.165) is 0 Å². The van der Waals surface area contributed by atoms with Gasteiger partial charge in [-0.15, -0.1) is 0 Å². The average molecular weight is 432 g/mol. The van der Waals surface area contributed by atoms with Crippen LogP contribution >= 0.6 is 0 Å². The first-order valence-electron chi connectivity index (χ1n) is 8.78. The van der Waals surface area contributed by atoms with Gasteiger partial charge < -0.3 is 19.7 Å². The van der Waals surface area contributed by atoms with Gasteiger partial charge in [-0.25, -0.2) is 19.2 Å². The second kappa shape index (κ2) is 10.7. The summed E-state index contributed by atoms with van der Waals surface area (Å²) in [6.07, 6.45) is 0. The highest BCUT2D eigenvalue weighted by Crippen LogP contribution is 2.18. The normalized spacial score (nSPS) is 12.9. The maximum absolute atomic E-state index is 11.3. The summed E-state index contributed by atoms with van der Waals surface area (Å²) in [7, 11) is 2.54. The molecule has 0 spiro atoms. The molecule has 0 aliphatic rings. The lowest BCUT2D eigenvalue weighted by Crippen LogP contribution is -2.34. The lowest BCUT2D eigenvalue weighted by atomic mass is 10.1. The largest absolute Gasteiger partial charge is 0.479 e. The van der Waals surface area contributed by atoms with Gasteiger partial charge in [0.15, 0.2) is 22.2 Å². The highest BCUT2D eigenvalue weighted by molar-refractivity contribution is 5.81. The molecule has 0 fully saturated rings. The van der Waals surface area contributed by atoms with E-state index in [2.05, 4.69) is 29.9 Å². The molecule has 0 rings (SSSR count). The Morgan fingerprint density at radius 3 is 0.900 bits per heavy atom. The number of hydrogen-bond acceptors (Lipinski definition) is 10. The second-order valence-electron chi connectivity index (χ2n) is 8.23. The zero-order chi connectivity index (χ0) is 24.6. The molecule has 0 saturated heterocycles. The standard InChI is InChI=1S/C10H18N2O4.C8H14N2O4/c1-9(2,7(13)15-5)11-12-10(3,4)8(14)16-6;1-7(2,5(11)12)9-10-8(3,4)6(13)14/h1-6H3;1-4H3,(H,11,12)(H,13,14). The number of nitrogens with zero attached hydrogens (tertiary/aromatic N) is 4. The number of esters is 2. The van der Waals surface area contributed by atoms with Gasteiger partial charge in [0.2, 0.25) is 0 Å². The third-order valence-corrected chi connectivity index (χ3v) is 3.52. The number of carboxylic acids is 2. The van der Waals surface area contributed by atoms with Gasteiger partial charge in [-0.05, 0) is 55.4 Å². The topological polar surface area (TPSA) is 177 Å². The average Bonchev–Trinajstić information content (AvgIpc) is 2.63. The molecule has 0 saturated carbocycles. The molecule has 12 heteroatoms. The van der Waals surface area contributed by atoms with Gasteiger partial charge in [0.25, 0.3) is 0 Å². The summed E-state index contributed by atoms with van der Waals surface area (Å²) >= 11 is 0. The van der Waals surface area contributed by atoms with Crippen molar-refractivity contribution >= 4 is 23.9 Å². The van der Waals surface area contributed by atoms with Crippen LogP contribution in [0.1, 0.15) is 55.4 Å². The van der Waals surface area contributed by atoms with Crippen molar-refractivity contribution in [2.45, 2.75) is 77.5 Å². The first kappa shape index (κ1) is 29.3. The number of hydrogen-bond donors (Lipinski definition) is 2. The fourth-order valence-corrected chi connectivity index (χ4v) is 1.17. The van der Waals surface area contributed by atoms with E-state index in [1.54, 1.807) is 27.7 Å². The van der Waals surface area contributed by atoms with E-state index >= 15 is 0 Å². The van der Waals surface area contributed by atoms with Crippen LogP contribution in [0.5, 0.6) is 0 Å². The number of rotatable bonds is 8. The minimum atomic E-state index is -1.40. The monoisotopic (exact) mass is 432 g/mol. The van der Waals surface area contributed by atoms with E-state index in [0.29, 0.717) is 0 Å². The number of azo groups is 2. The van der Waals surface area contributed by atoms with E-state index in [-0.39, 0.29) is 0 Å². The van der Waals surface area contributed by atoms with Crippen molar-refractivity contribution in [1.29, 1.82) is 0 Å². The van der Waals surface area contributed by atoms with Gasteiger partial charge in [-0.1, -0.05) is 0 Å². The Bertz CT molecular complexity index is 651. The number of carboxylic acid groups (broad SMARTS) is 2. The van der Waals surface area contributed by atoms with Crippen LogP contribution in [0, 0.1) is 0 Å². The van der Waals surface area contributed by atoms with Crippen LogP contribution in [0.3, 0.4) is 0 Å². The molecular formula is C18H32N4O8. The number of carbonyl (C=O) groups excluding carboxylic acids is 2. The number of methoxy groups -OCH3 is 2. The fraction of sp³-hybridized carbons (Fsp3) is 0.778. The molecule has 0 amide bonds. The minimum Gasteiger partial charge on any atom is -0.479 e. The molecule has 172 valence electrons. The van der Waals surface area contributed by atoms with Crippen molar-refractivity contribution in [3.63, 3.8) is 0 Å². The van der Waals surface area contributed by atoms with Gasteiger partial charge >= 0.3 is 23.9 Å². The van der Waals surface area contributed by atoms with Gasteiger partial charge in [0, 0.05) is 0 Å². The molecular weight excluding hydrogens is 400 g/mol. The van der Waals surface area contributed by atoms with Crippen LogP contribution < -0.4 is 0 Å². The third-order valence-electron chi connectivity index (χ3n) is 3.52. The van der Waals surface area contributed by atoms with Crippen LogP contribution in [-0.2, 0) is 28.7 Å². The summed E-state index contributed by atoms with van der Waals surface area (Å²) in [6, 6.07) is 0. The molecule has 0 aromatic rings. The van der Waals surface area contributed by atoms with Crippen molar-refractivity contribution < 1.29 is 38.9 Å². The molecule has 0 aliphatic carbocycles. The number of ether oxygens (including phenoxy) is 2. The van der Waals surface area contributed by atoms with Gasteiger partial charge in [-0.3, -0.25) is 0 Å². The molecule has 0 aromatic heterocycles. The van der Waals surface area contributed by atoms with Crippen molar-refractivity contribution in [3.05, 3.63) is 0 Å². The van der Waals surface area contributed by atoms with Crippen molar-refractivity contribution in [1.82, 2.24) is 0 Å². The quantitative estimate of drug-likeness (QED) is 0.434. The summed E-state index contributed by atoms with van der Waals surface area (Å²) in [5.41, 5.74) is -5.01. The summed E-state index contributed by atoms with van der Waals surface area (Å²) in [5.74, 6) is -3.33. The van der Waals surface area contributed by atoms with Crippen molar-refractivity contribution in [2.75, 3.05) is 14.2 Å². The molecule has 0 atom stereocenters. The number of carbonyl (C=O) groups is 4. The summed E-state index contributed by atoms with van der Waals surface area (Å²) in [4.78, 5) is 43.8. The van der Waals surface area contributed by atoms with Crippen LogP contribution in [-0.4, -0.2) is 70.5 Å². The summed E-state index contributed by atoms with van der Waals surface area (Å²) in [6.45, 7) is 11.6. The maximum Gasteiger partial charge on any atom is 0.335 e. The first-order valence-corrected chi connectivity index (χ1v) is 8.78. The van der Waals surface area contributed by atoms with Crippen LogP contribution in [0.2, 0.25) is 0 Å². The Morgan fingerprint density at radius 1 is 0.533 bits per heavy atom. The SMILES string of the molecule is CC(C)(N=NC(C)(C)C(=O)O)C(=O)O.COC(=O)C(C)(C)N=NC(C)(C)C(=O)OC. The highest BCUT2D eigenvalue weighted by Gasteiger charge is 2.33. The molecule has 30 heavy (non-hydrogen) atoms. The molecule has 0 aromatic carbocycles. The van der Waals surface area contributed by atoms with Crippen LogP contribution in [0.15, 0.2) is 20.5 Å². The van der Waals surface area contributed by atoms with Gasteiger partial charge in [0.05, 0.1) is 14.2 Å². The summed E-state index contributed by atoms with van der Waals surface area (Å²) < 4.78 is 9.12. The Hall–Kier alpha value is -2.92. The predicted octanol–water partition coefficient (Wildman–Crippen LogP) is 2.51. The van der Waals surface area contributed by atoms with E-state index in [9.17, 15) is 19.2 Å². The molecule has 0 radical (unpaired) electrons. The fourth-order valence-electron chi connectivity index (χ4n) is 1.17. The molecule has 0 heterocycles. The lowest BCUT2D eigenvalue weighted by Gasteiger charge is -2.19. The minimum absolute atomic E-state index is 0.517. The Morgan fingerprint density at radius 2 is 0.733 bits per heavy atom. The van der Waals surface area contributed by atoms with Crippen LogP contribution in [0.25, 0.3) is 0 Å². The zero-order valence-electron chi connectivity index (χ0n) is 19.1. The zero-order valence-corrected chi connectivity index (χ0v) is 19.1. The van der Waals surface area contributed by atoms with Gasteiger partial charge in [0.1, 0.15) is 0 Å². The maximum atomic E-state index is 11.3. The number of aliphatic carboxylic acids is 2. The van der Waals surface area contributed by atoms with Crippen molar-refractivity contribution in [3.8, 4) is 0 Å². The van der Waals surface area contributed by atoms with E-state index in [1.165, 1.54) is 41.9 Å². The molecule has 0 unspecified atom stereocenters. The lowest BCUT2D eigenvalue weighted by molar-refractivity contribution is -0.148. The van der Waals surface area contributed by atoms with E-state index < -0.39 is 46.0 Å². The Labute approximate surface area is 175 Å². The molecule has 2 N–H and O–H groups in total.